The number of aromatic nitrogens is 1. The maximum Gasteiger partial charge on any atom is 0.0931 e. The van der Waals surface area contributed by atoms with Gasteiger partial charge >= 0.3 is 0 Å². The quantitative estimate of drug-likeness (QED) is 0.771. The predicted octanol–water partition coefficient (Wildman–Crippen LogP) is 1.33. The van der Waals surface area contributed by atoms with E-state index in [1.165, 1.54) is 0 Å². The van der Waals surface area contributed by atoms with Crippen molar-refractivity contribution in [3.8, 4) is 0 Å². The van der Waals surface area contributed by atoms with E-state index in [-0.39, 0.29) is 12.6 Å². The SMILES string of the molecule is CC(C)Cc1nc(C(N)CO)cs1. The number of nitrogens with zero attached hydrogens (tertiary/aromatic N) is 1. The molecule has 1 unspecified atom stereocenters. The van der Waals surface area contributed by atoms with Gasteiger partial charge in [-0.2, -0.15) is 0 Å². The zero-order valence-corrected chi connectivity index (χ0v) is 8.84. The van der Waals surface area contributed by atoms with Crippen LogP contribution >= 0.6 is 11.3 Å². The predicted molar refractivity (Wildman–Crippen MR) is 54.7 cm³/mol. The molecule has 1 atom stereocenters. The van der Waals surface area contributed by atoms with Crippen molar-refractivity contribution in [3.63, 3.8) is 0 Å². The molecule has 4 heteroatoms. The van der Waals surface area contributed by atoms with Crippen LogP contribution in [0.5, 0.6) is 0 Å². The largest absolute Gasteiger partial charge is 0.394 e. The fourth-order valence-corrected chi connectivity index (χ4v) is 2.10. The fraction of sp³-hybridized carbons (Fsp3) is 0.667. The normalized spacial score (nSPS) is 13.6. The van der Waals surface area contributed by atoms with Crippen LogP contribution in [0, 0.1) is 5.92 Å². The number of aliphatic hydroxyl groups is 1. The fourth-order valence-electron chi connectivity index (χ4n) is 1.03. The van der Waals surface area contributed by atoms with Crippen molar-refractivity contribution in [2.24, 2.45) is 11.7 Å². The Morgan fingerprint density at radius 2 is 2.31 bits per heavy atom. The van der Waals surface area contributed by atoms with Gasteiger partial charge in [-0.1, -0.05) is 13.8 Å². The summed E-state index contributed by atoms with van der Waals surface area (Å²) >= 11 is 1.62. The highest BCUT2D eigenvalue weighted by Crippen LogP contribution is 2.17. The van der Waals surface area contributed by atoms with Crippen LogP contribution in [-0.4, -0.2) is 16.7 Å². The Balaban J connectivity index is 2.63. The summed E-state index contributed by atoms with van der Waals surface area (Å²) in [5.41, 5.74) is 6.44. The molecule has 0 aliphatic heterocycles. The average Bonchev–Trinajstić information content (AvgIpc) is 2.50. The van der Waals surface area contributed by atoms with E-state index in [0.717, 1.165) is 17.1 Å². The number of hydrogen-bond donors (Lipinski definition) is 2. The topological polar surface area (TPSA) is 59.1 Å². The van der Waals surface area contributed by atoms with Crippen molar-refractivity contribution in [2.75, 3.05) is 6.61 Å². The highest BCUT2D eigenvalue weighted by atomic mass is 32.1. The van der Waals surface area contributed by atoms with Gasteiger partial charge in [0.15, 0.2) is 0 Å². The number of hydrogen-bond acceptors (Lipinski definition) is 4. The molecule has 0 aliphatic rings. The molecule has 1 aromatic heterocycles. The average molecular weight is 200 g/mol. The first-order valence-electron chi connectivity index (χ1n) is 4.44. The molecule has 0 fully saturated rings. The molecule has 0 aliphatic carbocycles. The van der Waals surface area contributed by atoms with Crippen molar-refractivity contribution >= 4 is 11.3 Å². The third-order valence-corrected chi connectivity index (χ3v) is 2.62. The van der Waals surface area contributed by atoms with Crippen molar-refractivity contribution in [3.05, 3.63) is 16.1 Å². The zero-order chi connectivity index (χ0) is 9.84. The molecule has 3 nitrogen and oxygen atoms in total. The maximum absolute atomic E-state index is 8.82. The van der Waals surface area contributed by atoms with E-state index in [1.807, 2.05) is 5.38 Å². The van der Waals surface area contributed by atoms with Gasteiger partial charge in [-0.3, -0.25) is 0 Å². The second-order valence-corrected chi connectivity index (χ2v) is 4.50. The number of thiazole rings is 1. The Morgan fingerprint density at radius 1 is 1.62 bits per heavy atom. The lowest BCUT2D eigenvalue weighted by Crippen LogP contribution is -2.14. The maximum atomic E-state index is 8.82. The summed E-state index contributed by atoms with van der Waals surface area (Å²) in [5.74, 6) is 0.615. The van der Waals surface area contributed by atoms with Gasteiger partial charge in [-0.25, -0.2) is 4.98 Å². The first-order chi connectivity index (χ1) is 6.13. The minimum Gasteiger partial charge on any atom is -0.394 e. The highest BCUT2D eigenvalue weighted by molar-refractivity contribution is 7.09. The molecule has 0 amide bonds. The van der Waals surface area contributed by atoms with Crippen LogP contribution in [0.25, 0.3) is 0 Å². The van der Waals surface area contributed by atoms with Gasteiger partial charge in [0.1, 0.15) is 0 Å². The molecule has 1 aromatic rings. The molecule has 3 N–H and O–H groups in total. The van der Waals surface area contributed by atoms with Gasteiger partial charge < -0.3 is 10.8 Å². The summed E-state index contributed by atoms with van der Waals surface area (Å²) in [6.07, 6.45) is 0.989. The van der Waals surface area contributed by atoms with Crippen LogP contribution in [0.15, 0.2) is 5.38 Å². The number of nitrogens with two attached hydrogens (primary N) is 1. The van der Waals surface area contributed by atoms with Crippen LogP contribution in [0.1, 0.15) is 30.6 Å². The van der Waals surface area contributed by atoms with Crippen LogP contribution in [0.2, 0.25) is 0 Å². The van der Waals surface area contributed by atoms with Crippen LogP contribution in [0.4, 0.5) is 0 Å². The van der Waals surface area contributed by atoms with E-state index in [2.05, 4.69) is 18.8 Å². The Hall–Kier alpha value is -0.450. The number of rotatable bonds is 4. The van der Waals surface area contributed by atoms with Crippen LogP contribution in [0.3, 0.4) is 0 Å². The second kappa shape index (κ2) is 4.69. The first kappa shape index (κ1) is 10.6. The summed E-state index contributed by atoms with van der Waals surface area (Å²) < 4.78 is 0. The summed E-state index contributed by atoms with van der Waals surface area (Å²) in [6, 6.07) is -0.322. The van der Waals surface area contributed by atoms with Crippen molar-refractivity contribution in [1.29, 1.82) is 0 Å². The van der Waals surface area contributed by atoms with Gasteiger partial charge in [0, 0.05) is 11.8 Å². The van der Waals surface area contributed by atoms with Gasteiger partial charge in [-0.05, 0) is 5.92 Å². The van der Waals surface area contributed by atoms with Gasteiger partial charge in [0.05, 0.1) is 23.4 Å². The Kier molecular flexibility index (Phi) is 3.84. The Labute approximate surface area is 82.6 Å². The highest BCUT2D eigenvalue weighted by Gasteiger charge is 2.09. The lowest BCUT2D eigenvalue weighted by atomic mass is 10.1. The van der Waals surface area contributed by atoms with E-state index >= 15 is 0 Å². The van der Waals surface area contributed by atoms with Crippen LogP contribution in [-0.2, 0) is 6.42 Å². The standard InChI is InChI=1S/C9H16N2OS/c1-6(2)3-9-11-8(5-13-9)7(10)4-12/h5-7,12H,3-4,10H2,1-2H3. The Bertz CT molecular complexity index is 260. The third-order valence-electron chi connectivity index (χ3n) is 1.73. The molecule has 0 bridgehead atoms. The first-order valence-corrected chi connectivity index (χ1v) is 5.32. The summed E-state index contributed by atoms with van der Waals surface area (Å²) in [6.45, 7) is 4.28. The molecule has 0 aromatic carbocycles. The molecule has 0 spiro atoms. The molecule has 0 radical (unpaired) electrons. The molecule has 0 saturated carbocycles. The third kappa shape index (κ3) is 3.06. The minimum absolute atomic E-state index is 0.0369. The summed E-state index contributed by atoms with van der Waals surface area (Å²) in [5, 5.41) is 11.9. The molecule has 0 saturated heterocycles. The minimum atomic E-state index is -0.322. The second-order valence-electron chi connectivity index (χ2n) is 3.55. The smallest absolute Gasteiger partial charge is 0.0931 e. The molecule has 1 heterocycles. The summed E-state index contributed by atoms with van der Waals surface area (Å²) in [4.78, 5) is 4.35. The summed E-state index contributed by atoms with van der Waals surface area (Å²) in [7, 11) is 0. The lowest BCUT2D eigenvalue weighted by Gasteiger charge is -2.03. The van der Waals surface area contributed by atoms with E-state index in [1.54, 1.807) is 11.3 Å². The Morgan fingerprint density at radius 3 is 2.85 bits per heavy atom. The molecular formula is C9H16N2OS. The van der Waals surface area contributed by atoms with E-state index in [4.69, 9.17) is 10.8 Å². The molecule has 1 rings (SSSR count). The lowest BCUT2D eigenvalue weighted by molar-refractivity contribution is 0.266. The monoisotopic (exact) mass is 200 g/mol. The van der Waals surface area contributed by atoms with Crippen molar-refractivity contribution in [1.82, 2.24) is 4.98 Å². The zero-order valence-electron chi connectivity index (χ0n) is 8.03. The molecular weight excluding hydrogens is 184 g/mol. The van der Waals surface area contributed by atoms with Crippen molar-refractivity contribution < 1.29 is 5.11 Å². The number of aliphatic hydroxyl groups excluding tert-OH is 1. The van der Waals surface area contributed by atoms with E-state index < -0.39 is 0 Å². The molecule has 74 valence electrons. The van der Waals surface area contributed by atoms with E-state index in [9.17, 15) is 0 Å². The van der Waals surface area contributed by atoms with Gasteiger partial charge in [0.25, 0.3) is 0 Å². The van der Waals surface area contributed by atoms with Crippen molar-refractivity contribution in [2.45, 2.75) is 26.3 Å². The van der Waals surface area contributed by atoms with E-state index in [0.29, 0.717) is 5.92 Å². The molecule has 13 heavy (non-hydrogen) atoms. The van der Waals surface area contributed by atoms with Gasteiger partial charge in [-0.15, -0.1) is 11.3 Å². The van der Waals surface area contributed by atoms with Gasteiger partial charge in [0.2, 0.25) is 0 Å². The van der Waals surface area contributed by atoms with Crippen LogP contribution < -0.4 is 5.73 Å².